The molecule has 0 aliphatic heterocycles. The Morgan fingerprint density at radius 1 is 1.00 bits per heavy atom. The average molecular weight is 342 g/mol. The van der Waals surface area contributed by atoms with Gasteiger partial charge in [0.15, 0.2) is 0 Å². The standard InChI is InChI=1S/C15H19N3.Ru/c1-12-5-8-17-14(10-12)15-11-13(6-9-18-15)4-2-3-7-16;/h5-6,8-11H,2-4,7,16H2,1H3;. The first-order valence-corrected chi connectivity index (χ1v) is 6.37. The molecule has 0 bridgehead atoms. The smallest absolute Gasteiger partial charge is 0.0888 e. The molecule has 0 radical (unpaired) electrons. The van der Waals surface area contributed by atoms with Gasteiger partial charge in [0, 0.05) is 31.9 Å². The van der Waals surface area contributed by atoms with Crippen molar-refractivity contribution in [2.24, 2.45) is 5.73 Å². The second-order valence-electron chi connectivity index (χ2n) is 4.51. The molecular formula is C15H19N3Ru. The van der Waals surface area contributed by atoms with E-state index in [4.69, 9.17) is 5.73 Å². The third-order valence-corrected chi connectivity index (χ3v) is 2.92. The molecule has 2 aromatic heterocycles. The van der Waals surface area contributed by atoms with Gasteiger partial charge >= 0.3 is 0 Å². The minimum absolute atomic E-state index is 0. The van der Waals surface area contributed by atoms with Gasteiger partial charge in [-0.3, -0.25) is 9.97 Å². The van der Waals surface area contributed by atoms with E-state index >= 15 is 0 Å². The molecule has 0 saturated heterocycles. The van der Waals surface area contributed by atoms with Crippen molar-refractivity contribution in [3.8, 4) is 11.4 Å². The number of hydrogen-bond acceptors (Lipinski definition) is 3. The van der Waals surface area contributed by atoms with Crippen LogP contribution in [0.3, 0.4) is 0 Å². The fourth-order valence-electron chi connectivity index (χ4n) is 1.92. The molecule has 0 unspecified atom stereocenters. The van der Waals surface area contributed by atoms with Crippen molar-refractivity contribution in [1.82, 2.24) is 9.97 Å². The second-order valence-corrected chi connectivity index (χ2v) is 4.51. The van der Waals surface area contributed by atoms with Crippen molar-refractivity contribution in [3.63, 3.8) is 0 Å². The number of rotatable bonds is 5. The van der Waals surface area contributed by atoms with Gasteiger partial charge in [-0.05, 0) is 68.1 Å². The second kappa shape index (κ2) is 8.13. The molecule has 0 atom stereocenters. The summed E-state index contributed by atoms with van der Waals surface area (Å²) in [4.78, 5) is 8.76. The summed E-state index contributed by atoms with van der Waals surface area (Å²) in [5, 5.41) is 0. The quantitative estimate of drug-likeness (QED) is 0.671. The largest absolute Gasteiger partial charge is 0.330 e. The number of nitrogens with two attached hydrogens (primary N) is 1. The first-order valence-electron chi connectivity index (χ1n) is 6.37. The molecule has 0 aliphatic rings. The molecule has 0 saturated carbocycles. The molecule has 2 N–H and O–H groups in total. The van der Waals surface area contributed by atoms with Crippen molar-refractivity contribution in [1.29, 1.82) is 0 Å². The van der Waals surface area contributed by atoms with E-state index in [1.165, 1.54) is 11.1 Å². The maximum atomic E-state index is 5.51. The van der Waals surface area contributed by atoms with E-state index in [1.807, 2.05) is 18.5 Å². The van der Waals surface area contributed by atoms with Crippen LogP contribution in [-0.2, 0) is 25.9 Å². The third-order valence-electron chi connectivity index (χ3n) is 2.92. The number of aromatic nitrogens is 2. The molecule has 3 nitrogen and oxygen atoms in total. The fraction of sp³-hybridized carbons (Fsp3) is 0.333. The molecule has 0 spiro atoms. The molecule has 2 aromatic rings. The summed E-state index contributed by atoms with van der Waals surface area (Å²) in [6.07, 6.45) is 6.94. The number of unbranched alkanes of at least 4 members (excludes halogenated alkanes) is 1. The van der Waals surface area contributed by atoms with E-state index in [0.717, 1.165) is 37.2 Å². The predicted molar refractivity (Wildman–Crippen MR) is 74.2 cm³/mol. The number of nitrogens with zero attached hydrogens (tertiary/aromatic N) is 2. The van der Waals surface area contributed by atoms with Gasteiger partial charge in [0.2, 0.25) is 0 Å². The molecule has 0 aliphatic carbocycles. The molecule has 19 heavy (non-hydrogen) atoms. The summed E-state index contributed by atoms with van der Waals surface area (Å²) in [6.45, 7) is 2.83. The summed E-state index contributed by atoms with van der Waals surface area (Å²) < 4.78 is 0. The molecule has 2 heterocycles. The van der Waals surface area contributed by atoms with E-state index in [1.54, 1.807) is 0 Å². The van der Waals surface area contributed by atoms with E-state index in [-0.39, 0.29) is 19.5 Å². The van der Waals surface area contributed by atoms with Gasteiger partial charge in [-0.25, -0.2) is 0 Å². The van der Waals surface area contributed by atoms with Gasteiger partial charge in [0.1, 0.15) is 0 Å². The van der Waals surface area contributed by atoms with E-state index in [0.29, 0.717) is 0 Å². The fourth-order valence-corrected chi connectivity index (χ4v) is 1.92. The zero-order valence-corrected chi connectivity index (χ0v) is 12.9. The first-order chi connectivity index (χ1) is 8.79. The van der Waals surface area contributed by atoms with E-state index in [2.05, 4.69) is 35.1 Å². The van der Waals surface area contributed by atoms with Gasteiger partial charge < -0.3 is 5.73 Å². The Bertz CT molecular complexity index is 514. The number of aryl methyl sites for hydroxylation is 2. The summed E-state index contributed by atoms with van der Waals surface area (Å²) in [6, 6.07) is 8.24. The van der Waals surface area contributed by atoms with Crippen molar-refractivity contribution in [2.45, 2.75) is 26.2 Å². The zero-order valence-electron chi connectivity index (χ0n) is 11.1. The predicted octanol–water partition coefficient (Wildman–Crippen LogP) is 2.73. The van der Waals surface area contributed by atoms with Crippen LogP contribution in [-0.4, -0.2) is 16.5 Å². The molecule has 0 amide bonds. The van der Waals surface area contributed by atoms with Crippen LogP contribution in [0.25, 0.3) is 11.4 Å². The minimum atomic E-state index is 0. The monoisotopic (exact) mass is 343 g/mol. The summed E-state index contributed by atoms with van der Waals surface area (Å²) in [5.74, 6) is 0. The zero-order chi connectivity index (χ0) is 12.8. The van der Waals surface area contributed by atoms with E-state index < -0.39 is 0 Å². The minimum Gasteiger partial charge on any atom is -0.330 e. The van der Waals surface area contributed by atoms with Gasteiger partial charge in [-0.1, -0.05) is 0 Å². The molecule has 102 valence electrons. The van der Waals surface area contributed by atoms with Crippen LogP contribution in [0.1, 0.15) is 24.0 Å². The maximum absolute atomic E-state index is 5.51. The van der Waals surface area contributed by atoms with Crippen molar-refractivity contribution in [3.05, 3.63) is 47.8 Å². The van der Waals surface area contributed by atoms with Crippen LogP contribution in [0, 0.1) is 6.92 Å². The Balaban J connectivity index is 0.00000180. The average Bonchev–Trinajstić information content (AvgIpc) is 2.39. The van der Waals surface area contributed by atoms with Crippen LogP contribution in [0.5, 0.6) is 0 Å². The Kier molecular flexibility index (Phi) is 6.82. The van der Waals surface area contributed by atoms with E-state index in [9.17, 15) is 0 Å². The number of pyridine rings is 2. The molecule has 2 rings (SSSR count). The number of hydrogen-bond donors (Lipinski definition) is 1. The van der Waals surface area contributed by atoms with Gasteiger partial charge in [0.25, 0.3) is 0 Å². The van der Waals surface area contributed by atoms with Crippen molar-refractivity contribution < 1.29 is 19.5 Å². The van der Waals surface area contributed by atoms with Crippen LogP contribution in [0.2, 0.25) is 0 Å². The molecular weight excluding hydrogens is 323 g/mol. The Labute approximate surface area is 127 Å². The van der Waals surface area contributed by atoms with Crippen LogP contribution in [0.4, 0.5) is 0 Å². The normalized spacial score (nSPS) is 10.0. The topological polar surface area (TPSA) is 51.8 Å². The van der Waals surface area contributed by atoms with Crippen molar-refractivity contribution in [2.75, 3.05) is 6.54 Å². The van der Waals surface area contributed by atoms with Gasteiger partial charge in [-0.15, -0.1) is 0 Å². The van der Waals surface area contributed by atoms with Gasteiger partial charge in [-0.2, -0.15) is 0 Å². The summed E-state index contributed by atoms with van der Waals surface area (Å²) in [7, 11) is 0. The van der Waals surface area contributed by atoms with Gasteiger partial charge in [0.05, 0.1) is 11.4 Å². The molecule has 0 aromatic carbocycles. The van der Waals surface area contributed by atoms with Crippen molar-refractivity contribution >= 4 is 0 Å². The van der Waals surface area contributed by atoms with Crippen LogP contribution < -0.4 is 5.73 Å². The van der Waals surface area contributed by atoms with Crippen LogP contribution >= 0.6 is 0 Å². The summed E-state index contributed by atoms with van der Waals surface area (Å²) in [5.41, 5.74) is 9.90. The maximum Gasteiger partial charge on any atom is 0.0888 e. The molecule has 0 fully saturated rings. The Morgan fingerprint density at radius 2 is 1.68 bits per heavy atom. The van der Waals surface area contributed by atoms with Crippen LogP contribution in [0.15, 0.2) is 36.7 Å². The SMILES string of the molecule is Cc1ccnc(-c2cc(CCCCN)ccn2)c1.[Ru]. The Hall–Kier alpha value is -1.12. The first kappa shape index (κ1) is 15.9. The molecule has 4 heteroatoms. The Morgan fingerprint density at radius 3 is 2.37 bits per heavy atom. The third kappa shape index (κ3) is 4.81. The summed E-state index contributed by atoms with van der Waals surface area (Å²) >= 11 is 0.